The molecule has 2 aromatic carbocycles. The molecule has 1 atom stereocenters. The summed E-state index contributed by atoms with van der Waals surface area (Å²) in [6.07, 6.45) is 0. The fraction of sp³-hybridized carbons (Fsp3) is 0.111. The largest absolute Gasteiger partial charge is 0.344 e. The Hall–Kier alpha value is -2.30. The summed E-state index contributed by atoms with van der Waals surface area (Å²) in [5, 5.41) is 4.99. The van der Waals surface area contributed by atoms with E-state index in [9.17, 15) is 9.59 Å². The molecule has 0 aliphatic heterocycles. The minimum absolute atomic E-state index is 0.214. The lowest BCUT2D eigenvalue weighted by Gasteiger charge is -2.15. The number of aromatic amines is 1. The summed E-state index contributed by atoms with van der Waals surface area (Å²) < 4.78 is 0. The Morgan fingerprint density at radius 1 is 1.08 bits per heavy atom. The van der Waals surface area contributed by atoms with E-state index in [1.54, 1.807) is 42.5 Å². The summed E-state index contributed by atoms with van der Waals surface area (Å²) in [5.74, 6) is -0.364. The molecule has 122 valence electrons. The molecular weight excluding hydrogens is 347 g/mol. The minimum atomic E-state index is -0.364. The highest BCUT2D eigenvalue weighted by Crippen LogP contribution is 2.25. The van der Waals surface area contributed by atoms with Crippen LogP contribution >= 0.6 is 23.2 Å². The van der Waals surface area contributed by atoms with Gasteiger partial charge in [0.15, 0.2) is 0 Å². The first-order valence-electron chi connectivity index (χ1n) is 7.33. The second kappa shape index (κ2) is 6.67. The van der Waals surface area contributed by atoms with Gasteiger partial charge in [-0.2, -0.15) is 0 Å². The third-order valence-corrected chi connectivity index (χ3v) is 4.53. The third kappa shape index (κ3) is 3.30. The van der Waals surface area contributed by atoms with Crippen molar-refractivity contribution in [2.24, 2.45) is 0 Å². The zero-order chi connectivity index (χ0) is 17.3. The average Bonchev–Trinajstić information content (AvgIpc) is 2.57. The van der Waals surface area contributed by atoms with Gasteiger partial charge in [-0.1, -0.05) is 47.5 Å². The Morgan fingerprint density at radius 2 is 1.83 bits per heavy atom. The van der Waals surface area contributed by atoms with Crippen molar-refractivity contribution in [3.63, 3.8) is 0 Å². The quantitative estimate of drug-likeness (QED) is 0.730. The van der Waals surface area contributed by atoms with Crippen LogP contribution in [0.1, 0.15) is 29.0 Å². The Balaban J connectivity index is 1.86. The van der Waals surface area contributed by atoms with Crippen LogP contribution in [0.4, 0.5) is 0 Å². The van der Waals surface area contributed by atoms with Crippen LogP contribution in [0.2, 0.25) is 10.0 Å². The third-order valence-electron chi connectivity index (χ3n) is 3.79. The normalized spacial score (nSPS) is 12.1. The Morgan fingerprint density at radius 3 is 2.58 bits per heavy atom. The number of benzene rings is 2. The molecule has 0 saturated heterocycles. The van der Waals surface area contributed by atoms with Crippen LogP contribution in [-0.4, -0.2) is 10.9 Å². The number of amides is 1. The van der Waals surface area contributed by atoms with Crippen LogP contribution in [0.15, 0.2) is 53.3 Å². The summed E-state index contributed by atoms with van der Waals surface area (Å²) in [7, 11) is 0. The molecule has 2 N–H and O–H groups in total. The maximum absolute atomic E-state index is 12.4. The van der Waals surface area contributed by atoms with Gasteiger partial charge in [-0.15, -0.1) is 0 Å². The molecule has 1 amide bonds. The predicted molar refractivity (Wildman–Crippen MR) is 96.9 cm³/mol. The van der Waals surface area contributed by atoms with Crippen LogP contribution in [0, 0.1) is 0 Å². The lowest BCUT2D eigenvalue weighted by Crippen LogP contribution is -2.29. The summed E-state index contributed by atoms with van der Waals surface area (Å²) in [4.78, 5) is 27.1. The number of carbonyl (C=O) groups excluding carboxylic acids is 1. The number of H-pyrrole nitrogens is 1. The number of aromatic nitrogens is 1. The summed E-state index contributed by atoms with van der Waals surface area (Å²) in [5.41, 5.74) is 0.743. The average molecular weight is 361 g/mol. The van der Waals surface area contributed by atoms with Crippen molar-refractivity contribution in [2.75, 3.05) is 0 Å². The number of hydrogen-bond donors (Lipinski definition) is 2. The van der Waals surface area contributed by atoms with Gasteiger partial charge in [0, 0.05) is 5.39 Å². The monoisotopic (exact) mass is 360 g/mol. The van der Waals surface area contributed by atoms with Gasteiger partial charge in [-0.3, -0.25) is 9.59 Å². The van der Waals surface area contributed by atoms with Crippen molar-refractivity contribution in [1.82, 2.24) is 10.3 Å². The van der Waals surface area contributed by atoms with Gasteiger partial charge in [-0.25, -0.2) is 0 Å². The standard InChI is InChI=1S/C18H14Cl2N2O2/c1-10(11-6-7-14(19)15(20)8-11)21-18(24)16-9-12-4-2-3-5-13(12)17(23)22-16/h2-10H,1H3,(H,21,24)(H,22,23). The molecule has 0 aliphatic carbocycles. The first-order valence-corrected chi connectivity index (χ1v) is 8.09. The summed E-state index contributed by atoms with van der Waals surface area (Å²) in [6.45, 7) is 1.83. The molecule has 3 aromatic rings. The highest BCUT2D eigenvalue weighted by atomic mass is 35.5. The number of rotatable bonds is 3. The van der Waals surface area contributed by atoms with Crippen LogP contribution in [0.3, 0.4) is 0 Å². The summed E-state index contributed by atoms with van der Waals surface area (Å²) >= 11 is 11.9. The highest BCUT2D eigenvalue weighted by Gasteiger charge is 2.14. The fourth-order valence-electron chi connectivity index (χ4n) is 2.47. The molecule has 1 heterocycles. The van der Waals surface area contributed by atoms with Gasteiger partial charge in [0.05, 0.1) is 16.1 Å². The van der Waals surface area contributed by atoms with Gasteiger partial charge in [0.1, 0.15) is 5.69 Å². The molecule has 0 radical (unpaired) electrons. The molecule has 4 nitrogen and oxygen atoms in total. The Labute approximate surface area is 148 Å². The van der Waals surface area contributed by atoms with Crippen molar-refractivity contribution in [3.8, 4) is 0 Å². The molecule has 0 bridgehead atoms. The second-order valence-electron chi connectivity index (χ2n) is 5.47. The maximum atomic E-state index is 12.4. The van der Waals surface area contributed by atoms with Gasteiger partial charge in [0.2, 0.25) is 0 Å². The van der Waals surface area contributed by atoms with Crippen molar-refractivity contribution in [1.29, 1.82) is 0 Å². The van der Waals surface area contributed by atoms with Gasteiger partial charge >= 0.3 is 0 Å². The van der Waals surface area contributed by atoms with Crippen molar-refractivity contribution in [2.45, 2.75) is 13.0 Å². The van der Waals surface area contributed by atoms with E-state index >= 15 is 0 Å². The summed E-state index contributed by atoms with van der Waals surface area (Å²) in [6, 6.07) is 13.7. The molecule has 0 spiro atoms. The molecule has 0 saturated carbocycles. The molecule has 6 heteroatoms. The Bertz CT molecular complexity index is 982. The SMILES string of the molecule is CC(NC(=O)c1cc2ccccc2c(=O)[nH]1)c1ccc(Cl)c(Cl)c1. The molecule has 1 unspecified atom stereocenters. The number of carbonyl (C=O) groups is 1. The van der Waals surface area contributed by atoms with Crippen molar-refractivity contribution in [3.05, 3.63) is 80.2 Å². The highest BCUT2D eigenvalue weighted by molar-refractivity contribution is 6.42. The molecular formula is C18H14Cl2N2O2. The number of fused-ring (bicyclic) bond motifs is 1. The predicted octanol–water partition coefficient (Wildman–Crippen LogP) is 4.33. The smallest absolute Gasteiger partial charge is 0.268 e. The van der Waals surface area contributed by atoms with Crippen molar-refractivity contribution >= 4 is 39.9 Å². The maximum Gasteiger partial charge on any atom is 0.268 e. The second-order valence-corrected chi connectivity index (χ2v) is 6.28. The van der Waals surface area contributed by atoms with E-state index in [1.165, 1.54) is 0 Å². The van der Waals surface area contributed by atoms with E-state index in [-0.39, 0.29) is 23.2 Å². The lowest BCUT2D eigenvalue weighted by atomic mass is 10.1. The molecule has 1 aromatic heterocycles. The topological polar surface area (TPSA) is 62.0 Å². The van der Waals surface area contributed by atoms with Crippen LogP contribution in [0.5, 0.6) is 0 Å². The first-order chi connectivity index (χ1) is 11.5. The van der Waals surface area contributed by atoms with E-state index < -0.39 is 0 Å². The minimum Gasteiger partial charge on any atom is -0.344 e. The fourth-order valence-corrected chi connectivity index (χ4v) is 2.78. The molecule has 0 aliphatic rings. The van der Waals surface area contributed by atoms with Gasteiger partial charge in [-0.05, 0) is 42.1 Å². The zero-order valence-electron chi connectivity index (χ0n) is 12.8. The lowest BCUT2D eigenvalue weighted by molar-refractivity contribution is 0.0935. The van der Waals surface area contributed by atoms with Crippen molar-refractivity contribution < 1.29 is 4.79 Å². The van der Waals surface area contributed by atoms with Crippen LogP contribution < -0.4 is 10.9 Å². The molecule has 0 fully saturated rings. The van der Waals surface area contributed by atoms with Crippen LogP contribution in [0.25, 0.3) is 10.8 Å². The zero-order valence-corrected chi connectivity index (χ0v) is 14.3. The molecule has 3 rings (SSSR count). The van der Waals surface area contributed by atoms with E-state index in [2.05, 4.69) is 10.3 Å². The first kappa shape index (κ1) is 16.6. The number of nitrogens with one attached hydrogen (secondary N) is 2. The van der Waals surface area contributed by atoms with E-state index in [1.807, 2.05) is 13.0 Å². The van der Waals surface area contributed by atoms with Gasteiger partial charge in [0.25, 0.3) is 11.5 Å². The number of pyridine rings is 1. The number of hydrogen-bond acceptors (Lipinski definition) is 2. The Kier molecular flexibility index (Phi) is 4.60. The van der Waals surface area contributed by atoms with Gasteiger partial charge < -0.3 is 10.3 Å². The van der Waals surface area contributed by atoms with E-state index in [0.717, 1.165) is 5.56 Å². The van der Waals surface area contributed by atoms with E-state index in [0.29, 0.717) is 20.8 Å². The van der Waals surface area contributed by atoms with Crippen LogP contribution in [-0.2, 0) is 0 Å². The molecule has 24 heavy (non-hydrogen) atoms. The number of halogens is 2. The van der Waals surface area contributed by atoms with E-state index in [4.69, 9.17) is 23.2 Å².